The summed E-state index contributed by atoms with van der Waals surface area (Å²) in [7, 11) is -1.22. The highest BCUT2D eigenvalue weighted by Crippen LogP contribution is 2.13. The van der Waals surface area contributed by atoms with Gasteiger partial charge in [-0.15, -0.1) is 0 Å². The van der Waals surface area contributed by atoms with E-state index in [9.17, 15) is 39.0 Å². The fraction of sp³-hybridized carbons (Fsp3) is 0.688. The molecule has 158 valence electrons. The standard InChI is InChI=1S/C16H25N3O8S/c1-9-13(22)14(23)19-8-11(21)6-17(5-10(20)7-18(9)16(19)26)12(15(24)25)3-4-28(2)27/h10-12,20-22H,3-8H2,1-2H3,(H,24,25). The Bertz CT molecular complexity index is 880. The van der Waals surface area contributed by atoms with E-state index in [0.29, 0.717) is 4.57 Å². The normalized spacial score (nSPS) is 23.1. The van der Waals surface area contributed by atoms with Crippen molar-refractivity contribution in [3.63, 3.8) is 0 Å². The molecule has 2 bridgehead atoms. The van der Waals surface area contributed by atoms with Crippen LogP contribution in [0.1, 0.15) is 12.1 Å². The first kappa shape index (κ1) is 22.3. The predicted molar refractivity (Wildman–Crippen MR) is 99.9 cm³/mol. The molecule has 1 aromatic heterocycles. The van der Waals surface area contributed by atoms with Crippen molar-refractivity contribution in [2.45, 2.75) is 44.7 Å². The molecule has 1 aliphatic rings. The molecule has 11 nitrogen and oxygen atoms in total. The van der Waals surface area contributed by atoms with Crippen LogP contribution >= 0.6 is 0 Å². The summed E-state index contributed by atoms with van der Waals surface area (Å²) < 4.78 is 13.1. The Labute approximate surface area is 162 Å². The minimum atomic E-state index is -1.31. The van der Waals surface area contributed by atoms with Gasteiger partial charge in [0.2, 0.25) is 5.75 Å². The molecule has 2 rings (SSSR count). The van der Waals surface area contributed by atoms with E-state index in [-0.39, 0.29) is 37.5 Å². The van der Waals surface area contributed by atoms with Crippen molar-refractivity contribution in [1.82, 2.24) is 14.0 Å². The number of carbonyl (C=O) groups is 1. The molecule has 28 heavy (non-hydrogen) atoms. The average molecular weight is 419 g/mol. The molecular formula is C16H25N3O8S. The van der Waals surface area contributed by atoms with Crippen molar-refractivity contribution in [2.24, 2.45) is 0 Å². The largest absolute Gasteiger partial charge is 0.502 e. The van der Waals surface area contributed by atoms with Crippen LogP contribution in [0.5, 0.6) is 5.75 Å². The average Bonchev–Trinajstić information content (AvgIpc) is 2.59. The fourth-order valence-electron chi connectivity index (χ4n) is 3.31. The lowest BCUT2D eigenvalue weighted by Crippen LogP contribution is -2.53. The van der Waals surface area contributed by atoms with Crippen LogP contribution in [0.15, 0.2) is 9.59 Å². The van der Waals surface area contributed by atoms with Crippen LogP contribution in [0.2, 0.25) is 0 Å². The van der Waals surface area contributed by atoms with Gasteiger partial charge in [-0.1, -0.05) is 0 Å². The molecule has 1 aromatic rings. The summed E-state index contributed by atoms with van der Waals surface area (Å²) in [4.78, 5) is 37.8. The zero-order chi connectivity index (χ0) is 21.2. The van der Waals surface area contributed by atoms with Crippen LogP contribution < -0.4 is 11.2 Å². The molecule has 0 radical (unpaired) electrons. The van der Waals surface area contributed by atoms with E-state index in [1.807, 2.05) is 0 Å². The van der Waals surface area contributed by atoms with E-state index in [1.165, 1.54) is 18.1 Å². The van der Waals surface area contributed by atoms with Gasteiger partial charge in [-0.2, -0.15) is 0 Å². The highest BCUT2D eigenvalue weighted by atomic mass is 32.2. The molecule has 0 fully saturated rings. The number of carboxylic acids is 1. The fourth-order valence-corrected chi connectivity index (χ4v) is 3.86. The van der Waals surface area contributed by atoms with Crippen molar-refractivity contribution < 1.29 is 29.4 Å². The topological polar surface area (TPSA) is 162 Å². The predicted octanol–water partition coefficient (Wildman–Crippen LogP) is -2.72. The van der Waals surface area contributed by atoms with Gasteiger partial charge in [-0.3, -0.25) is 27.8 Å². The summed E-state index contributed by atoms with van der Waals surface area (Å²) in [5, 5.41) is 40.3. The van der Waals surface area contributed by atoms with E-state index < -0.39 is 58.6 Å². The number of rotatable bonds is 5. The monoisotopic (exact) mass is 419 g/mol. The van der Waals surface area contributed by atoms with Gasteiger partial charge >= 0.3 is 11.7 Å². The van der Waals surface area contributed by atoms with Gasteiger partial charge in [-0.25, -0.2) is 4.79 Å². The van der Waals surface area contributed by atoms with Crippen molar-refractivity contribution in [1.29, 1.82) is 0 Å². The van der Waals surface area contributed by atoms with Crippen LogP contribution in [0.4, 0.5) is 0 Å². The van der Waals surface area contributed by atoms with Gasteiger partial charge in [0.05, 0.1) is 31.0 Å². The highest BCUT2D eigenvalue weighted by molar-refractivity contribution is 7.84. The number of aliphatic hydroxyl groups is 2. The number of aliphatic hydroxyl groups excluding tert-OH is 2. The lowest BCUT2D eigenvalue weighted by atomic mass is 10.1. The van der Waals surface area contributed by atoms with Crippen LogP contribution in [0, 0.1) is 6.92 Å². The Morgan fingerprint density at radius 3 is 2.18 bits per heavy atom. The zero-order valence-corrected chi connectivity index (χ0v) is 16.5. The quantitative estimate of drug-likeness (QED) is 0.397. The summed E-state index contributed by atoms with van der Waals surface area (Å²) >= 11 is 0. The maximum Gasteiger partial charge on any atom is 0.331 e. The van der Waals surface area contributed by atoms with Crippen LogP contribution in [-0.4, -0.2) is 88.0 Å². The number of fused-ring (bicyclic) bond motifs is 2. The van der Waals surface area contributed by atoms with Gasteiger partial charge in [-0.05, 0) is 13.3 Å². The smallest absolute Gasteiger partial charge is 0.331 e. The Hall–Kier alpha value is -2.02. The summed E-state index contributed by atoms with van der Waals surface area (Å²) in [5.41, 5.74) is -1.76. The van der Waals surface area contributed by atoms with Gasteiger partial charge in [0.1, 0.15) is 6.04 Å². The zero-order valence-electron chi connectivity index (χ0n) is 15.6. The van der Waals surface area contributed by atoms with E-state index in [4.69, 9.17) is 0 Å². The van der Waals surface area contributed by atoms with Crippen LogP contribution in [0.25, 0.3) is 0 Å². The lowest BCUT2D eigenvalue weighted by molar-refractivity contribution is -0.144. The van der Waals surface area contributed by atoms with Gasteiger partial charge in [0.25, 0.3) is 5.56 Å². The third-order valence-corrected chi connectivity index (χ3v) is 5.55. The first-order chi connectivity index (χ1) is 13.0. The second-order valence-corrected chi connectivity index (χ2v) is 8.48. The van der Waals surface area contributed by atoms with E-state index >= 15 is 0 Å². The number of β-amino-alcohol motifs (C(OH)–C–C–N with tert-alkyl or cyclic N) is 2. The first-order valence-corrected chi connectivity index (χ1v) is 10.4. The molecule has 0 saturated carbocycles. The summed E-state index contributed by atoms with van der Waals surface area (Å²) in [6.45, 7) is 0.244. The minimum absolute atomic E-state index is 0.0249. The van der Waals surface area contributed by atoms with Crippen molar-refractivity contribution >= 4 is 16.8 Å². The van der Waals surface area contributed by atoms with E-state index in [0.717, 1.165) is 4.57 Å². The molecule has 4 N–H and O–H groups in total. The maximum absolute atomic E-state index is 12.5. The number of aromatic nitrogens is 2. The number of carboxylic acid groups (broad SMARTS) is 1. The summed E-state index contributed by atoms with van der Waals surface area (Å²) in [5.74, 6) is -1.71. The van der Waals surface area contributed by atoms with Gasteiger partial charge in [0, 0.05) is 35.9 Å². The molecule has 4 atom stereocenters. The van der Waals surface area contributed by atoms with E-state index in [1.54, 1.807) is 0 Å². The Kier molecular flexibility index (Phi) is 7.15. The first-order valence-electron chi connectivity index (χ1n) is 8.69. The summed E-state index contributed by atoms with van der Waals surface area (Å²) in [6.07, 6.45) is -1.02. The SMILES string of the molecule is Cc1c(O)c(=O)n2c(=O)n1CC(O)CN(C(CCS(C)=O)C(=O)O)CC(O)C2. The number of nitrogens with zero attached hydrogens (tertiary/aromatic N) is 3. The second-order valence-electron chi connectivity index (χ2n) is 6.92. The molecule has 2 heterocycles. The highest BCUT2D eigenvalue weighted by Gasteiger charge is 2.31. The van der Waals surface area contributed by atoms with Crippen molar-refractivity contribution in [3.05, 3.63) is 26.5 Å². The molecule has 1 aliphatic heterocycles. The Morgan fingerprint density at radius 1 is 1.14 bits per heavy atom. The lowest BCUT2D eigenvalue weighted by Gasteiger charge is -2.33. The number of aliphatic carboxylic acids is 1. The van der Waals surface area contributed by atoms with Gasteiger partial charge < -0.3 is 20.4 Å². The Morgan fingerprint density at radius 2 is 1.68 bits per heavy atom. The van der Waals surface area contributed by atoms with Crippen LogP contribution in [-0.2, 0) is 28.7 Å². The molecule has 0 amide bonds. The Balaban J connectivity index is 2.43. The molecular weight excluding hydrogens is 394 g/mol. The summed E-state index contributed by atoms with van der Waals surface area (Å²) in [6, 6.07) is -1.10. The molecule has 0 saturated heterocycles. The molecule has 4 unspecified atom stereocenters. The minimum Gasteiger partial charge on any atom is -0.502 e. The number of hydrogen-bond donors (Lipinski definition) is 4. The number of hydrogen-bond acceptors (Lipinski definition) is 8. The molecule has 0 aromatic carbocycles. The maximum atomic E-state index is 12.5. The van der Waals surface area contributed by atoms with E-state index in [2.05, 4.69) is 0 Å². The molecule has 0 spiro atoms. The van der Waals surface area contributed by atoms with Crippen molar-refractivity contribution in [3.8, 4) is 5.75 Å². The van der Waals surface area contributed by atoms with Crippen molar-refractivity contribution in [2.75, 3.05) is 25.1 Å². The number of aromatic hydroxyl groups is 1. The third kappa shape index (κ3) is 4.87. The second kappa shape index (κ2) is 8.99. The van der Waals surface area contributed by atoms with Crippen LogP contribution in [0.3, 0.4) is 0 Å². The third-order valence-electron chi connectivity index (χ3n) is 4.74. The van der Waals surface area contributed by atoms with Gasteiger partial charge in [0.15, 0.2) is 0 Å². The molecule has 0 aliphatic carbocycles. The molecule has 12 heteroatoms.